The quantitative estimate of drug-likeness (QED) is 0.791. The smallest absolute Gasteiger partial charge is 0.280 e. The lowest BCUT2D eigenvalue weighted by Gasteiger charge is -2.04. The molecule has 3 nitrogen and oxygen atoms in total. The summed E-state index contributed by atoms with van der Waals surface area (Å²) in [4.78, 5) is 14.3. The van der Waals surface area contributed by atoms with E-state index < -0.39 is 17.4 Å². The Morgan fingerprint density at radius 1 is 1.57 bits per heavy atom. The third kappa shape index (κ3) is 2.46. The fourth-order valence-corrected chi connectivity index (χ4v) is 1.05. The van der Waals surface area contributed by atoms with E-state index >= 15 is 0 Å². The van der Waals surface area contributed by atoms with Crippen LogP contribution in [0.1, 0.15) is 28.2 Å². The fraction of sp³-hybridized carbons (Fsp3) is 0.250. The molecule has 0 aliphatic heterocycles. The summed E-state index contributed by atoms with van der Waals surface area (Å²) in [5.74, 6) is 0. The number of rotatable bonds is 3. The Morgan fingerprint density at radius 3 is 2.64 bits per heavy atom. The highest BCUT2D eigenvalue weighted by Gasteiger charge is 2.13. The van der Waals surface area contributed by atoms with Crippen molar-refractivity contribution in [3.8, 4) is 0 Å². The minimum Gasteiger partial charge on any atom is -0.325 e. The van der Waals surface area contributed by atoms with Gasteiger partial charge in [-0.1, -0.05) is 0 Å². The first-order chi connectivity index (χ1) is 6.54. The van der Waals surface area contributed by atoms with Gasteiger partial charge in [0.2, 0.25) is 0 Å². The van der Waals surface area contributed by atoms with Gasteiger partial charge in [0.15, 0.2) is 0 Å². The van der Waals surface area contributed by atoms with E-state index in [-0.39, 0.29) is 17.8 Å². The van der Waals surface area contributed by atoms with Gasteiger partial charge in [0.1, 0.15) is 5.69 Å². The Balaban J connectivity index is 3.20. The number of aromatic nitrogens is 1. The predicted octanol–water partition coefficient (Wildman–Crippen LogP) is 1.86. The van der Waals surface area contributed by atoms with Crippen molar-refractivity contribution in [1.82, 2.24) is 4.98 Å². The predicted molar refractivity (Wildman–Crippen MR) is 47.3 cm³/mol. The topological polar surface area (TPSA) is 56.0 Å². The highest BCUT2D eigenvalue weighted by Crippen LogP contribution is 2.19. The number of hydrogen-bond acceptors (Lipinski definition) is 3. The van der Waals surface area contributed by atoms with Gasteiger partial charge >= 0.3 is 0 Å². The molecular weight excluding hydrogens is 214 g/mol. The Kier molecular flexibility index (Phi) is 3.49. The van der Waals surface area contributed by atoms with Gasteiger partial charge in [0, 0.05) is 12.1 Å². The fourth-order valence-electron chi connectivity index (χ4n) is 0.941. The summed E-state index contributed by atoms with van der Waals surface area (Å²) in [5.41, 5.74) is 4.94. The number of halogens is 3. The van der Waals surface area contributed by atoms with Crippen LogP contribution in [-0.2, 0) is 6.54 Å². The Labute approximate surface area is 83.9 Å². The van der Waals surface area contributed by atoms with Crippen molar-refractivity contribution in [1.29, 1.82) is 0 Å². The zero-order chi connectivity index (χ0) is 10.7. The maximum Gasteiger partial charge on any atom is 0.280 e. The third-order valence-electron chi connectivity index (χ3n) is 1.56. The SMILES string of the molecule is NCc1cc(C(=O)Cl)cc(C(F)F)n1. The van der Waals surface area contributed by atoms with Gasteiger partial charge in [-0.05, 0) is 23.7 Å². The summed E-state index contributed by atoms with van der Waals surface area (Å²) >= 11 is 5.16. The van der Waals surface area contributed by atoms with Crippen LogP contribution < -0.4 is 5.73 Å². The molecule has 6 heteroatoms. The number of alkyl halides is 2. The number of carbonyl (C=O) groups is 1. The molecule has 0 unspecified atom stereocenters. The van der Waals surface area contributed by atoms with Gasteiger partial charge in [-0.15, -0.1) is 0 Å². The van der Waals surface area contributed by atoms with Crippen molar-refractivity contribution < 1.29 is 13.6 Å². The first kappa shape index (κ1) is 11.0. The first-order valence-corrected chi connectivity index (χ1v) is 4.11. The standard InChI is InChI=1S/C8H7ClF2N2O/c9-7(14)4-1-5(3-12)13-6(2-4)8(10)11/h1-2,8H,3,12H2. The first-order valence-electron chi connectivity index (χ1n) is 3.73. The van der Waals surface area contributed by atoms with E-state index in [1.54, 1.807) is 0 Å². The lowest BCUT2D eigenvalue weighted by atomic mass is 10.2. The number of carbonyl (C=O) groups excluding carboxylic acids is 1. The van der Waals surface area contributed by atoms with E-state index in [9.17, 15) is 13.6 Å². The molecule has 0 aliphatic carbocycles. The van der Waals surface area contributed by atoms with Crippen molar-refractivity contribution in [2.75, 3.05) is 0 Å². The van der Waals surface area contributed by atoms with Crippen molar-refractivity contribution in [2.45, 2.75) is 13.0 Å². The molecule has 0 radical (unpaired) electrons. The molecule has 0 atom stereocenters. The maximum atomic E-state index is 12.3. The molecule has 14 heavy (non-hydrogen) atoms. The average molecular weight is 221 g/mol. The lowest BCUT2D eigenvalue weighted by molar-refractivity contribution is 0.108. The Bertz CT molecular complexity index is 357. The summed E-state index contributed by atoms with van der Waals surface area (Å²) in [5, 5.41) is -0.802. The largest absolute Gasteiger partial charge is 0.325 e. The van der Waals surface area contributed by atoms with Crippen LogP contribution in [0.25, 0.3) is 0 Å². The zero-order valence-corrected chi connectivity index (χ0v) is 7.76. The molecule has 0 aliphatic rings. The lowest BCUT2D eigenvalue weighted by Crippen LogP contribution is -2.05. The second-order valence-corrected chi connectivity index (χ2v) is 2.89. The molecule has 0 aromatic carbocycles. The van der Waals surface area contributed by atoms with E-state index in [4.69, 9.17) is 17.3 Å². The second-order valence-electron chi connectivity index (χ2n) is 2.55. The monoisotopic (exact) mass is 220 g/mol. The molecule has 0 spiro atoms. The van der Waals surface area contributed by atoms with E-state index in [2.05, 4.69) is 4.98 Å². The van der Waals surface area contributed by atoms with E-state index in [0.29, 0.717) is 0 Å². The minimum atomic E-state index is -2.74. The third-order valence-corrected chi connectivity index (χ3v) is 1.78. The van der Waals surface area contributed by atoms with Gasteiger partial charge < -0.3 is 5.73 Å². The molecule has 76 valence electrons. The van der Waals surface area contributed by atoms with Crippen LogP contribution in [0.5, 0.6) is 0 Å². The Morgan fingerprint density at radius 2 is 2.21 bits per heavy atom. The normalized spacial score (nSPS) is 10.6. The highest BCUT2D eigenvalue weighted by molar-refractivity contribution is 6.67. The molecule has 0 amide bonds. The molecular formula is C8H7ClF2N2O. The molecule has 1 aromatic rings. The van der Waals surface area contributed by atoms with Gasteiger partial charge in [0.05, 0.1) is 5.69 Å². The molecule has 1 heterocycles. The summed E-state index contributed by atoms with van der Waals surface area (Å²) in [6, 6.07) is 2.25. The number of hydrogen-bond donors (Lipinski definition) is 1. The number of pyridine rings is 1. The molecule has 0 fully saturated rings. The van der Waals surface area contributed by atoms with Gasteiger partial charge in [-0.3, -0.25) is 9.78 Å². The van der Waals surface area contributed by atoms with Crippen LogP contribution in [-0.4, -0.2) is 10.2 Å². The molecule has 1 aromatic heterocycles. The average Bonchev–Trinajstić information content (AvgIpc) is 2.16. The Hall–Kier alpha value is -1.07. The highest BCUT2D eigenvalue weighted by atomic mass is 35.5. The summed E-state index contributed by atoms with van der Waals surface area (Å²) in [6.45, 7) is -0.0161. The van der Waals surface area contributed by atoms with Crippen molar-refractivity contribution in [3.05, 3.63) is 29.1 Å². The summed E-state index contributed by atoms with van der Waals surface area (Å²) < 4.78 is 24.5. The van der Waals surface area contributed by atoms with Crippen molar-refractivity contribution >= 4 is 16.8 Å². The molecule has 2 N–H and O–H groups in total. The minimum absolute atomic E-state index is 0.0161. The van der Waals surface area contributed by atoms with Gasteiger partial charge in [-0.2, -0.15) is 0 Å². The second kappa shape index (κ2) is 4.43. The van der Waals surface area contributed by atoms with Gasteiger partial charge in [0.25, 0.3) is 11.7 Å². The molecule has 0 saturated heterocycles. The van der Waals surface area contributed by atoms with E-state index in [1.807, 2.05) is 0 Å². The summed E-state index contributed by atoms with van der Waals surface area (Å²) in [7, 11) is 0. The van der Waals surface area contributed by atoms with E-state index in [0.717, 1.165) is 6.07 Å². The van der Waals surface area contributed by atoms with E-state index in [1.165, 1.54) is 6.07 Å². The summed E-state index contributed by atoms with van der Waals surface area (Å²) in [6.07, 6.45) is -2.74. The van der Waals surface area contributed by atoms with Gasteiger partial charge in [-0.25, -0.2) is 8.78 Å². The van der Waals surface area contributed by atoms with Crippen LogP contribution in [0.4, 0.5) is 8.78 Å². The number of nitrogens with zero attached hydrogens (tertiary/aromatic N) is 1. The molecule has 1 rings (SSSR count). The van der Waals surface area contributed by atoms with Crippen LogP contribution >= 0.6 is 11.6 Å². The van der Waals surface area contributed by atoms with Crippen LogP contribution in [0.2, 0.25) is 0 Å². The zero-order valence-electron chi connectivity index (χ0n) is 7.01. The van der Waals surface area contributed by atoms with Crippen LogP contribution in [0, 0.1) is 0 Å². The number of nitrogens with two attached hydrogens (primary N) is 1. The maximum absolute atomic E-state index is 12.3. The molecule has 0 bridgehead atoms. The van der Waals surface area contributed by atoms with Crippen LogP contribution in [0.15, 0.2) is 12.1 Å². The van der Waals surface area contributed by atoms with Crippen molar-refractivity contribution in [2.24, 2.45) is 5.73 Å². The molecule has 0 saturated carbocycles. The van der Waals surface area contributed by atoms with Crippen molar-refractivity contribution in [3.63, 3.8) is 0 Å². The van der Waals surface area contributed by atoms with Crippen LogP contribution in [0.3, 0.4) is 0 Å².